The first kappa shape index (κ1) is 19.9. The van der Waals surface area contributed by atoms with E-state index in [1.165, 1.54) is 23.9 Å². The number of thioether (sulfide) groups is 1. The van der Waals surface area contributed by atoms with Crippen LogP contribution in [0.4, 0.5) is 8.78 Å². The van der Waals surface area contributed by atoms with Gasteiger partial charge in [0.05, 0.1) is 14.2 Å². The third-order valence-electron chi connectivity index (χ3n) is 3.86. The smallest absolute Gasteiger partial charge is 0.387 e. The molecule has 1 atom stereocenters. The number of alkyl halides is 2. The molecule has 0 saturated carbocycles. The van der Waals surface area contributed by atoms with Crippen LogP contribution in [-0.2, 0) is 0 Å². The lowest BCUT2D eigenvalue weighted by Crippen LogP contribution is -2.01. The molecule has 0 aliphatic rings. The second-order valence-corrected chi connectivity index (χ2v) is 6.97. The lowest BCUT2D eigenvalue weighted by atomic mass is 10.2. The molecule has 0 fully saturated rings. The highest BCUT2D eigenvalue weighted by atomic mass is 32.2. The van der Waals surface area contributed by atoms with E-state index in [4.69, 9.17) is 13.9 Å². The molecule has 0 bridgehead atoms. The number of hydrogen-bond donors (Lipinski definition) is 0. The van der Waals surface area contributed by atoms with Crippen molar-refractivity contribution in [1.82, 2.24) is 10.2 Å². The first-order chi connectivity index (χ1) is 13.5. The average Bonchev–Trinajstić information content (AvgIpc) is 3.16. The van der Waals surface area contributed by atoms with E-state index in [0.717, 1.165) is 5.56 Å². The maximum atomic E-state index is 12.2. The molecule has 148 valence electrons. The number of nitrogens with zero attached hydrogens (tertiary/aromatic N) is 2. The van der Waals surface area contributed by atoms with E-state index in [-0.39, 0.29) is 11.0 Å². The zero-order valence-electron chi connectivity index (χ0n) is 15.4. The van der Waals surface area contributed by atoms with Gasteiger partial charge in [-0.15, -0.1) is 10.2 Å². The molecule has 0 saturated heterocycles. The fourth-order valence-corrected chi connectivity index (χ4v) is 3.26. The van der Waals surface area contributed by atoms with Crippen molar-refractivity contribution in [3.05, 3.63) is 48.0 Å². The number of benzene rings is 2. The summed E-state index contributed by atoms with van der Waals surface area (Å²) >= 11 is 1.36. The fourth-order valence-electron chi connectivity index (χ4n) is 2.44. The monoisotopic (exact) mass is 408 g/mol. The number of halogens is 2. The van der Waals surface area contributed by atoms with E-state index in [9.17, 15) is 8.78 Å². The minimum atomic E-state index is -2.84. The van der Waals surface area contributed by atoms with Gasteiger partial charge in [-0.3, -0.25) is 0 Å². The van der Waals surface area contributed by atoms with Crippen LogP contribution in [0.1, 0.15) is 17.7 Å². The third-order valence-corrected chi connectivity index (χ3v) is 4.85. The van der Waals surface area contributed by atoms with E-state index in [1.54, 1.807) is 44.6 Å². The molecule has 3 rings (SSSR count). The lowest BCUT2D eigenvalue weighted by molar-refractivity contribution is -0.0498. The standard InChI is InChI=1S/C19H18F2N2O4S/c1-11(12-4-6-14(7-5-12)26-18(20)21)28-19-23-22-17(27-19)13-8-15(24-2)10-16(9-13)25-3/h4-11,18H,1-3H3. The molecule has 1 unspecified atom stereocenters. The van der Waals surface area contributed by atoms with Crippen molar-refractivity contribution in [2.45, 2.75) is 24.0 Å². The first-order valence-corrected chi connectivity index (χ1v) is 9.15. The minimum absolute atomic E-state index is 0.0336. The summed E-state index contributed by atoms with van der Waals surface area (Å²) in [6.45, 7) is -0.892. The summed E-state index contributed by atoms with van der Waals surface area (Å²) in [5.74, 6) is 1.68. The van der Waals surface area contributed by atoms with Crippen LogP contribution in [0.2, 0.25) is 0 Å². The Hall–Kier alpha value is -2.81. The SMILES string of the molecule is COc1cc(OC)cc(-c2nnc(SC(C)c3ccc(OC(F)F)cc3)o2)c1. The second kappa shape index (κ2) is 8.92. The molecule has 3 aromatic rings. The lowest BCUT2D eigenvalue weighted by Gasteiger charge is -2.10. The predicted molar refractivity (Wildman–Crippen MR) is 100 cm³/mol. The van der Waals surface area contributed by atoms with Gasteiger partial charge in [-0.2, -0.15) is 8.78 Å². The van der Waals surface area contributed by atoms with Gasteiger partial charge in [0.1, 0.15) is 17.2 Å². The maximum Gasteiger partial charge on any atom is 0.387 e. The molecule has 0 radical (unpaired) electrons. The van der Waals surface area contributed by atoms with Gasteiger partial charge in [0.2, 0.25) is 5.89 Å². The normalized spacial score (nSPS) is 12.1. The van der Waals surface area contributed by atoms with Crippen molar-refractivity contribution in [2.24, 2.45) is 0 Å². The van der Waals surface area contributed by atoms with Gasteiger partial charge in [-0.05, 0) is 36.8 Å². The Kier molecular flexibility index (Phi) is 6.35. The zero-order valence-corrected chi connectivity index (χ0v) is 16.2. The Labute approximate surface area is 164 Å². The van der Waals surface area contributed by atoms with E-state index >= 15 is 0 Å². The van der Waals surface area contributed by atoms with Crippen LogP contribution in [0, 0.1) is 0 Å². The van der Waals surface area contributed by atoms with Gasteiger partial charge in [0.25, 0.3) is 5.22 Å². The molecule has 1 heterocycles. The van der Waals surface area contributed by atoms with E-state index < -0.39 is 6.61 Å². The van der Waals surface area contributed by atoms with Gasteiger partial charge in [0.15, 0.2) is 0 Å². The van der Waals surface area contributed by atoms with Gasteiger partial charge in [-0.1, -0.05) is 23.9 Å². The highest BCUT2D eigenvalue weighted by Crippen LogP contribution is 2.36. The Balaban J connectivity index is 1.72. The zero-order chi connectivity index (χ0) is 20.1. The van der Waals surface area contributed by atoms with Gasteiger partial charge in [-0.25, -0.2) is 0 Å². The molecular formula is C19H18F2N2O4S. The van der Waals surface area contributed by atoms with Crippen molar-refractivity contribution < 1.29 is 27.4 Å². The van der Waals surface area contributed by atoms with Crippen molar-refractivity contribution >= 4 is 11.8 Å². The molecular weight excluding hydrogens is 390 g/mol. The summed E-state index contributed by atoms with van der Waals surface area (Å²) in [7, 11) is 3.12. The van der Waals surface area contributed by atoms with Crippen LogP contribution in [0.3, 0.4) is 0 Å². The van der Waals surface area contributed by atoms with Gasteiger partial charge in [0, 0.05) is 16.9 Å². The summed E-state index contributed by atoms with van der Waals surface area (Å²) in [6.07, 6.45) is 0. The van der Waals surface area contributed by atoms with Gasteiger partial charge < -0.3 is 18.6 Å². The highest BCUT2D eigenvalue weighted by molar-refractivity contribution is 7.99. The molecule has 9 heteroatoms. The molecule has 0 spiro atoms. The van der Waals surface area contributed by atoms with Crippen LogP contribution in [0.25, 0.3) is 11.5 Å². The number of rotatable bonds is 8. The largest absolute Gasteiger partial charge is 0.497 e. The Morgan fingerprint density at radius 1 is 0.929 bits per heavy atom. The maximum absolute atomic E-state index is 12.2. The highest BCUT2D eigenvalue weighted by Gasteiger charge is 2.16. The van der Waals surface area contributed by atoms with Crippen molar-refractivity contribution in [3.63, 3.8) is 0 Å². The van der Waals surface area contributed by atoms with Crippen molar-refractivity contribution in [2.75, 3.05) is 14.2 Å². The molecule has 0 amide bonds. The van der Waals surface area contributed by atoms with E-state index in [1.807, 2.05) is 6.92 Å². The Bertz CT molecular complexity index is 896. The van der Waals surface area contributed by atoms with Crippen LogP contribution >= 0.6 is 11.8 Å². The molecule has 28 heavy (non-hydrogen) atoms. The number of aromatic nitrogens is 2. The van der Waals surface area contributed by atoms with Crippen LogP contribution < -0.4 is 14.2 Å². The Morgan fingerprint density at radius 3 is 2.14 bits per heavy atom. The summed E-state index contributed by atoms with van der Waals surface area (Å²) in [4.78, 5) is 0. The van der Waals surface area contributed by atoms with Crippen molar-refractivity contribution in [3.8, 4) is 28.7 Å². The molecule has 0 N–H and O–H groups in total. The van der Waals surface area contributed by atoms with Crippen LogP contribution in [-0.4, -0.2) is 31.0 Å². The van der Waals surface area contributed by atoms with E-state index in [2.05, 4.69) is 14.9 Å². The molecule has 0 aliphatic carbocycles. The molecule has 6 nitrogen and oxygen atoms in total. The number of methoxy groups -OCH3 is 2. The number of hydrogen-bond acceptors (Lipinski definition) is 7. The third kappa shape index (κ3) is 4.92. The second-order valence-electron chi connectivity index (χ2n) is 5.68. The summed E-state index contributed by atoms with van der Waals surface area (Å²) in [6, 6.07) is 11.7. The number of ether oxygens (including phenoxy) is 3. The summed E-state index contributed by atoms with van der Waals surface area (Å²) in [5, 5.41) is 8.50. The summed E-state index contributed by atoms with van der Waals surface area (Å²) < 4.78 is 45.1. The quantitative estimate of drug-likeness (QED) is 0.474. The average molecular weight is 408 g/mol. The minimum Gasteiger partial charge on any atom is -0.497 e. The molecule has 0 aliphatic heterocycles. The van der Waals surface area contributed by atoms with Gasteiger partial charge >= 0.3 is 6.61 Å². The molecule has 2 aromatic carbocycles. The fraction of sp³-hybridized carbons (Fsp3) is 0.263. The molecule has 1 aromatic heterocycles. The van der Waals surface area contributed by atoms with Crippen LogP contribution in [0.5, 0.6) is 17.2 Å². The summed E-state index contributed by atoms with van der Waals surface area (Å²) in [5.41, 5.74) is 1.59. The topological polar surface area (TPSA) is 66.6 Å². The predicted octanol–water partition coefficient (Wildman–Crippen LogP) is 5.21. The Morgan fingerprint density at radius 2 is 1.57 bits per heavy atom. The van der Waals surface area contributed by atoms with Crippen molar-refractivity contribution in [1.29, 1.82) is 0 Å². The van der Waals surface area contributed by atoms with Crippen LogP contribution in [0.15, 0.2) is 52.1 Å². The van der Waals surface area contributed by atoms with E-state index in [0.29, 0.717) is 28.2 Å². The first-order valence-electron chi connectivity index (χ1n) is 8.27.